The van der Waals surface area contributed by atoms with E-state index in [1.165, 1.54) is 16.9 Å². The average molecular weight is 414 g/mol. The second kappa shape index (κ2) is 8.53. The van der Waals surface area contributed by atoms with Crippen LogP contribution in [0.25, 0.3) is 0 Å². The van der Waals surface area contributed by atoms with Crippen molar-refractivity contribution < 1.29 is 14.3 Å². The van der Waals surface area contributed by atoms with Gasteiger partial charge < -0.3 is 15.4 Å². The summed E-state index contributed by atoms with van der Waals surface area (Å²) in [5.41, 5.74) is 1.81. The van der Waals surface area contributed by atoms with Gasteiger partial charge in [-0.25, -0.2) is 4.98 Å². The lowest BCUT2D eigenvalue weighted by Gasteiger charge is -2.11. The maximum atomic E-state index is 12.2. The molecule has 0 spiro atoms. The van der Waals surface area contributed by atoms with Gasteiger partial charge in [-0.15, -0.1) is 22.7 Å². The van der Waals surface area contributed by atoms with Gasteiger partial charge >= 0.3 is 0 Å². The zero-order valence-electron chi connectivity index (χ0n) is 15.0. The fourth-order valence-electron chi connectivity index (χ4n) is 3.00. The summed E-state index contributed by atoms with van der Waals surface area (Å²) in [6.07, 6.45) is 1.27. The molecule has 0 radical (unpaired) electrons. The van der Waals surface area contributed by atoms with E-state index in [0.29, 0.717) is 23.8 Å². The molecule has 2 amide bonds. The molecule has 1 aromatic carbocycles. The van der Waals surface area contributed by atoms with Crippen LogP contribution < -0.4 is 15.4 Å². The van der Waals surface area contributed by atoms with Gasteiger partial charge in [-0.3, -0.25) is 9.59 Å². The lowest BCUT2D eigenvalue weighted by Crippen LogP contribution is -2.35. The van der Waals surface area contributed by atoms with Crippen LogP contribution in [0.4, 0.5) is 5.13 Å². The fourth-order valence-corrected chi connectivity index (χ4v) is 4.43. The molecule has 3 heterocycles. The first-order valence-electron chi connectivity index (χ1n) is 8.93. The third-order valence-corrected chi connectivity index (χ3v) is 5.98. The Kier molecular flexibility index (Phi) is 5.68. The van der Waals surface area contributed by atoms with Crippen molar-refractivity contribution >= 4 is 39.6 Å². The number of aromatic nitrogens is 1. The third kappa shape index (κ3) is 4.76. The van der Waals surface area contributed by atoms with Gasteiger partial charge in [0.25, 0.3) is 0 Å². The number of thiazole rings is 1. The van der Waals surface area contributed by atoms with E-state index < -0.39 is 0 Å². The predicted molar refractivity (Wildman–Crippen MR) is 110 cm³/mol. The molecule has 0 unspecified atom stereocenters. The Morgan fingerprint density at radius 1 is 1.11 bits per heavy atom. The van der Waals surface area contributed by atoms with Crippen molar-refractivity contribution in [3.63, 3.8) is 0 Å². The Labute approximate surface area is 170 Å². The lowest BCUT2D eigenvalue weighted by molar-refractivity contribution is -0.120. The summed E-state index contributed by atoms with van der Waals surface area (Å²) in [5, 5.41) is 9.94. The van der Waals surface area contributed by atoms with Gasteiger partial charge in [-0.05, 0) is 23.1 Å². The Morgan fingerprint density at radius 2 is 2.00 bits per heavy atom. The highest BCUT2D eigenvalue weighted by Gasteiger charge is 2.22. The fraction of sp³-hybridized carbons (Fsp3) is 0.250. The summed E-state index contributed by atoms with van der Waals surface area (Å²) in [7, 11) is 0. The molecule has 28 heavy (non-hydrogen) atoms. The number of benzene rings is 1. The van der Waals surface area contributed by atoms with Crippen LogP contribution in [0.1, 0.15) is 16.1 Å². The number of rotatable bonds is 7. The molecular formula is C20H19N3O3S2. The summed E-state index contributed by atoms with van der Waals surface area (Å²) in [5.74, 6) is 0.677. The highest BCUT2D eigenvalue weighted by atomic mass is 32.1. The van der Waals surface area contributed by atoms with Crippen molar-refractivity contribution in [2.24, 2.45) is 0 Å². The standard InChI is InChI=1S/C20H19N3O3S2/c24-18(21-11-15-8-13-4-1-2-6-17(13)26-15)9-14-12-28-20(22-14)23-19(25)10-16-5-3-7-27-16/h1-7,12,15H,8-11H2,(H,21,24)(H,22,23,25)/t15-/m0/s1. The van der Waals surface area contributed by atoms with E-state index in [2.05, 4.69) is 15.6 Å². The van der Waals surface area contributed by atoms with E-state index in [0.717, 1.165) is 17.0 Å². The first-order chi connectivity index (χ1) is 13.7. The maximum Gasteiger partial charge on any atom is 0.231 e. The minimum absolute atomic E-state index is 0.0381. The Morgan fingerprint density at radius 3 is 2.82 bits per heavy atom. The maximum absolute atomic E-state index is 12.2. The molecule has 3 aromatic rings. The number of para-hydroxylation sites is 1. The van der Waals surface area contributed by atoms with Gasteiger partial charge in [-0.2, -0.15) is 0 Å². The number of nitrogens with one attached hydrogen (secondary N) is 2. The molecule has 0 saturated carbocycles. The minimum atomic E-state index is -0.110. The summed E-state index contributed by atoms with van der Waals surface area (Å²) < 4.78 is 5.82. The summed E-state index contributed by atoms with van der Waals surface area (Å²) >= 11 is 2.87. The number of carbonyl (C=O) groups excluding carboxylic acids is 2. The quantitative estimate of drug-likeness (QED) is 0.624. The first kappa shape index (κ1) is 18.6. The average Bonchev–Trinajstić information content (AvgIpc) is 3.41. The Bertz CT molecular complexity index is 944. The topological polar surface area (TPSA) is 80.3 Å². The Hall–Kier alpha value is -2.71. The number of amides is 2. The van der Waals surface area contributed by atoms with Crippen molar-refractivity contribution in [3.8, 4) is 5.75 Å². The van der Waals surface area contributed by atoms with Crippen LogP contribution >= 0.6 is 22.7 Å². The van der Waals surface area contributed by atoms with Gasteiger partial charge in [-0.1, -0.05) is 24.3 Å². The summed E-state index contributed by atoms with van der Waals surface area (Å²) in [6, 6.07) is 11.8. The summed E-state index contributed by atoms with van der Waals surface area (Å²) in [4.78, 5) is 29.6. The molecule has 0 fully saturated rings. The molecule has 4 rings (SSSR count). The van der Waals surface area contributed by atoms with Crippen LogP contribution in [0.2, 0.25) is 0 Å². The predicted octanol–water partition coefficient (Wildman–Crippen LogP) is 3.05. The van der Waals surface area contributed by atoms with Gasteiger partial charge in [0.2, 0.25) is 11.8 Å². The number of fused-ring (bicyclic) bond motifs is 1. The second-order valence-electron chi connectivity index (χ2n) is 6.48. The van der Waals surface area contributed by atoms with Crippen LogP contribution in [0.15, 0.2) is 47.2 Å². The highest BCUT2D eigenvalue weighted by molar-refractivity contribution is 7.14. The normalized spacial score (nSPS) is 14.9. The number of carbonyl (C=O) groups is 2. The number of anilines is 1. The van der Waals surface area contributed by atoms with E-state index >= 15 is 0 Å². The van der Waals surface area contributed by atoms with Crippen LogP contribution in [0.3, 0.4) is 0 Å². The van der Waals surface area contributed by atoms with Gasteiger partial charge in [0, 0.05) is 16.7 Å². The van der Waals surface area contributed by atoms with E-state index in [1.54, 1.807) is 16.7 Å². The van der Waals surface area contributed by atoms with Crippen molar-refractivity contribution in [3.05, 3.63) is 63.3 Å². The molecule has 1 atom stereocenters. The molecule has 1 aliphatic heterocycles. The van der Waals surface area contributed by atoms with E-state index in [-0.39, 0.29) is 24.3 Å². The molecule has 144 valence electrons. The molecule has 0 bridgehead atoms. The van der Waals surface area contributed by atoms with Crippen LogP contribution in [0, 0.1) is 0 Å². The third-order valence-electron chi connectivity index (χ3n) is 4.30. The first-order valence-corrected chi connectivity index (χ1v) is 10.7. The lowest BCUT2D eigenvalue weighted by atomic mass is 10.1. The van der Waals surface area contributed by atoms with Gasteiger partial charge in [0.15, 0.2) is 5.13 Å². The molecule has 8 heteroatoms. The zero-order valence-corrected chi connectivity index (χ0v) is 16.6. The molecule has 0 saturated heterocycles. The number of nitrogens with zero attached hydrogens (tertiary/aromatic N) is 1. The zero-order chi connectivity index (χ0) is 19.3. The van der Waals surface area contributed by atoms with Crippen molar-refractivity contribution in [2.45, 2.75) is 25.4 Å². The number of thiophene rings is 1. The minimum Gasteiger partial charge on any atom is -0.488 e. The highest BCUT2D eigenvalue weighted by Crippen LogP contribution is 2.27. The molecule has 2 N–H and O–H groups in total. The summed E-state index contributed by atoms with van der Waals surface area (Å²) in [6.45, 7) is 0.460. The van der Waals surface area contributed by atoms with Crippen LogP contribution in [-0.4, -0.2) is 29.4 Å². The van der Waals surface area contributed by atoms with Crippen molar-refractivity contribution in [1.82, 2.24) is 10.3 Å². The van der Waals surface area contributed by atoms with E-state index in [1.807, 2.05) is 41.8 Å². The monoisotopic (exact) mass is 413 g/mol. The molecule has 0 aliphatic carbocycles. The van der Waals surface area contributed by atoms with Crippen LogP contribution in [-0.2, 0) is 28.9 Å². The Balaban J connectivity index is 1.21. The van der Waals surface area contributed by atoms with Crippen molar-refractivity contribution in [1.29, 1.82) is 0 Å². The van der Waals surface area contributed by atoms with Crippen LogP contribution in [0.5, 0.6) is 5.75 Å². The molecule has 6 nitrogen and oxygen atoms in total. The number of hydrogen-bond donors (Lipinski definition) is 2. The SMILES string of the molecule is O=C(Cc1csc(NC(=O)Cc2cccs2)n1)NC[C@@H]1Cc2ccccc2O1. The van der Waals surface area contributed by atoms with E-state index in [9.17, 15) is 9.59 Å². The molecule has 2 aromatic heterocycles. The van der Waals surface area contributed by atoms with E-state index in [4.69, 9.17) is 4.74 Å². The smallest absolute Gasteiger partial charge is 0.231 e. The number of hydrogen-bond acceptors (Lipinski definition) is 6. The number of ether oxygens (including phenoxy) is 1. The van der Waals surface area contributed by atoms with Crippen molar-refractivity contribution in [2.75, 3.05) is 11.9 Å². The largest absolute Gasteiger partial charge is 0.488 e. The van der Waals surface area contributed by atoms with Gasteiger partial charge in [0.1, 0.15) is 11.9 Å². The molecular weight excluding hydrogens is 394 g/mol. The second-order valence-corrected chi connectivity index (χ2v) is 8.37. The molecule has 1 aliphatic rings. The van der Waals surface area contributed by atoms with Gasteiger partial charge in [0.05, 0.1) is 25.1 Å².